The molecule has 1 aromatic carbocycles. The average molecular weight is 507 g/mol. The number of piperazine rings is 1. The Labute approximate surface area is 216 Å². The minimum atomic E-state index is -0.550. The Morgan fingerprint density at radius 1 is 1.16 bits per heavy atom. The molecule has 0 unspecified atom stereocenters. The van der Waals surface area contributed by atoms with Crippen LogP contribution in [0.15, 0.2) is 53.6 Å². The Morgan fingerprint density at radius 3 is 2.54 bits per heavy atom. The van der Waals surface area contributed by atoms with Crippen LogP contribution in [-0.4, -0.2) is 56.4 Å². The summed E-state index contributed by atoms with van der Waals surface area (Å²) >= 11 is 0. The summed E-state index contributed by atoms with van der Waals surface area (Å²) in [5.74, 6) is -0.502. The number of hydrogen-bond acceptors (Lipinski definition) is 6. The Hall–Kier alpha value is -3.75. The zero-order valence-corrected chi connectivity index (χ0v) is 22.2. The van der Waals surface area contributed by atoms with Gasteiger partial charge in [-0.1, -0.05) is 32.9 Å². The van der Waals surface area contributed by atoms with Crippen molar-refractivity contribution in [3.63, 3.8) is 0 Å². The Kier molecular flexibility index (Phi) is 7.61. The molecule has 1 aliphatic rings. The van der Waals surface area contributed by atoms with Crippen molar-refractivity contribution in [2.45, 2.75) is 47.2 Å². The van der Waals surface area contributed by atoms with Gasteiger partial charge in [0.25, 0.3) is 11.5 Å². The largest absolute Gasteiger partial charge is 0.374 e. The third kappa shape index (κ3) is 6.15. The van der Waals surface area contributed by atoms with Crippen LogP contribution in [0.2, 0.25) is 0 Å². The number of rotatable bonds is 6. The normalized spacial score (nSPS) is 15.4. The molecule has 1 N–H and O–H groups in total. The van der Waals surface area contributed by atoms with Crippen molar-refractivity contribution in [2.75, 3.05) is 31.5 Å². The molecule has 8 nitrogen and oxygen atoms in total. The number of nitrogens with one attached hydrogen (secondary N) is 1. The van der Waals surface area contributed by atoms with Crippen LogP contribution in [0.1, 0.15) is 56.6 Å². The number of fused-ring (bicyclic) bond motifs is 1. The summed E-state index contributed by atoms with van der Waals surface area (Å²) in [6.45, 7) is 13.1. The number of carbonyl (C=O) groups is 1. The van der Waals surface area contributed by atoms with E-state index in [1.165, 1.54) is 12.1 Å². The van der Waals surface area contributed by atoms with E-state index in [1.807, 2.05) is 26.1 Å². The topological polar surface area (TPSA) is 83.4 Å². The van der Waals surface area contributed by atoms with E-state index < -0.39 is 5.82 Å². The Balaban J connectivity index is 1.50. The molecule has 1 saturated heterocycles. The van der Waals surface area contributed by atoms with E-state index >= 15 is 4.39 Å². The number of aromatic nitrogens is 3. The molecule has 2 aromatic heterocycles. The molecule has 3 aromatic rings. The van der Waals surface area contributed by atoms with Crippen LogP contribution < -0.4 is 10.9 Å². The van der Waals surface area contributed by atoms with E-state index in [0.29, 0.717) is 36.8 Å². The van der Waals surface area contributed by atoms with Crippen LogP contribution in [0.25, 0.3) is 11.0 Å². The molecule has 4 rings (SSSR count). The predicted molar refractivity (Wildman–Crippen MR) is 144 cm³/mol. The molecule has 3 heterocycles. The molecule has 0 aliphatic carbocycles. The number of benzene rings is 1. The monoisotopic (exact) mass is 506 g/mol. The maximum atomic E-state index is 15.0. The van der Waals surface area contributed by atoms with Crippen molar-refractivity contribution in [2.24, 2.45) is 5.41 Å². The number of nitrogens with zero attached hydrogens (tertiary/aromatic N) is 5. The van der Waals surface area contributed by atoms with Crippen molar-refractivity contribution in [3.05, 3.63) is 76.1 Å². The van der Waals surface area contributed by atoms with Gasteiger partial charge in [0, 0.05) is 50.4 Å². The van der Waals surface area contributed by atoms with E-state index in [-0.39, 0.29) is 28.5 Å². The third-order valence-corrected chi connectivity index (χ3v) is 6.39. The van der Waals surface area contributed by atoms with Gasteiger partial charge in [-0.15, -0.1) is 0 Å². The van der Waals surface area contributed by atoms with Crippen LogP contribution in [0, 0.1) is 11.2 Å². The number of amides is 1. The second-order valence-electron chi connectivity index (χ2n) is 10.7. The molecule has 37 heavy (non-hydrogen) atoms. The lowest BCUT2D eigenvalue weighted by Gasteiger charge is -2.34. The van der Waals surface area contributed by atoms with Gasteiger partial charge in [-0.05, 0) is 49.2 Å². The third-order valence-electron chi connectivity index (χ3n) is 6.39. The lowest BCUT2D eigenvalue weighted by atomic mass is 9.97. The maximum Gasteiger partial charge on any atom is 0.256 e. The molecular formula is C28H35FN6O2. The van der Waals surface area contributed by atoms with Crippen LogP contribution in [0.5, 0.6) is 0 Å². The summed E-state index contributed by atoms with van der Waals surface area (Å²) in [5, 5.41) is 3.97. The molecule has 0 radical (unpaired) electrons. The summed E-state index contributed by atoms with van der Waals surface area (Å²) in [6, 6.07) is 7.60. The van der Waals surface area contributed by atoms with Gasteiger partial charge in [-0.2, -0.15) is 4.98 Å². The van der Waals surface area contributed by atoms with E-state index in [4.69, 9.17) is 0 Å². The minimum absolute atomic E-state index is 0.0728. The lowest BCUT2D eigenvalue weighted by molar-refractivity contribution is 0.0674. The lowest BCUT2D eigenvalue weighted by Crippen LogP contribution is -2.47. The van der Waals surface area contributed by atoms with Crippen LogP contribution >= 0.6 is 0 Å². The van der Waals surface area contributed by atoms with Crippen molar-refractivity contribution < 1.29 is 9.18 Å². The molecular weight excluding hydrogens is 471 g/mol. The van der Waals surface area contributed by atoms with Gasteiger partial charge in [-0.3, -0.25) is 14.2 Å². The summed E-state index contributed by atoms with van der Waals surface area (Å²) in [6.07, 6.45) is 5.65. The first-order valence-electron chi connectivity index (χ1n) is 12.6. The smallest absolute Gasteiger partial charge is 0.256 e. The van der Waals surface area contributed by atoms with Gasteiger partial charge in [0.2, 0.25) is 5.95 Å². The molecule has 1 amide bonds. The van der Waals surface area contributed by atoms with Gasteiger partial charge in [0.15, 0.2) is 0 Å². The Morgan fingerprint density at radius 2 is 1.89 bits per heavy atom. The standard InChI is InChI=1S/C28H35FN6O2/c1-6-11-33-12-14-34(15-13-33)26(37)22-9-7-20(16-23(22)29)19(2)31-27-30-17-21-8-10-24(36)35(25(21)32-27)18-28(3,4)5/h6-11,16-17,19H,12-15,18H2,1-5H3,(H,30,31,32)/t19-/m0/s1. The second kappa shape index (κ2) is 10.7. The van der Waals surface area contributed by atoms with Crippen molar-refractivity contribution in [3.8, 4) is 0 Å². The minimum Gasteiger partial charge on any atom is -0.374 e. The van der Waals surface area contributed by atoms with Crippen molar-refractivity contribution in [1.29, 1.82) is 0 Å². The molecule has 0 spiro atoms. The quantitative estimate of drug-likeness (QED) is 0.532. The fraction of sp³-hybridized carbons (Fsp3) is 0.429. The highest BCUT2D eigenvalue weighted by Gasteiger charge is 2.24. The highest BCUT2D eigenvalue weighted by atomic mass is 19.1. The summed E-state index contributed by atoms with van der Waals surface area (Å²) in [5.41, 5.74) is 1.06. The summed E-state index contributed by atoms with van der Waals surface area (Å²) in [7, 11) is 0. The van der Waals surface area contributed by atoms with Gasteiger partial charge >= 0.3 is 0 Å². The SMILES string of the molecule is CC=CN1CCN(C(=O)c2ccc([C@H](C)Nc3ncc4ccc(=O)n(CC(C)(C)C)c4n3)cc2F)CC1. The first-order chi connectivity index (χ1) is 17.6. The van der Waals surface area contributed by atoms with E-state index in [1.54, 1.807) is 33.9 Å². The highest BCUT2D eigenvalue weighted by Crippen LogP contribution is 2.23. The summed E-state index contributed by atoms with van der Waals surface area (Å²) < 4.78 is 16.7. The second-order valence-corrected chi connectivity index (χ2v) is 10.7. The van der Waals surface area contributed by atoms with Gasteiger partial charge in [0.1, 0.15) is 11.5 Å². The van der Waals surface area contributed by atoms with Crippen LogP contribution in [0.4, 0.5) is 10.3 Å². The van der Waals surface area contributed by atoms with Crippen molar-refractivity contribution in [1.82, 2.24) is 24.3 Å². The number of halogens is 1. The maximum absolute atomic E-state index is 15.0. The molecule has 0 saturated carbocycles. The molecule has 1 atom stereocenters. The fourth-order valence-corrected chi connectivity index (χ4v) is 4.47. The van der Waals surface area contributed by atoms with Crippen LogP contribution in [0.3, 0.4) is 0 Å². The van der Waals surface area contributed by atoms with Gasteiger partial charge < -0.3 is 15.1 Å². The predicted octanol–water partition coefficient (Wildman–Crippen LogP) is 4.44. The van der Waals surface area contributed by atoms with E-state index in [2.05, 4.69) is 41.0 Å². The van der Waals surface area contributed by atoms with Crippen molar-refractivity contribution >= 4 is 22.9 Å². The number of carbonyl (C=O) groups excluding carboxylic acids is 1. The van der Waals surface area contributed by atoms with Gasteiger partial charge in [-0.25, -0.2) is 9.37 Å². The number of pyridine rings is 1. The molecule has 1 aliphatic heterocycles. The van der Waals surface area contributed by atoms with E-state index in [9.17, 15) is 9.59 Å². The first kappa shape index (κ1) is 26.3. The first-order valence-corrected chi connectivity index (χ1v) is 12.6. The van der Waals surface area contributed by atoms with Gasteiger partial charge in [0.05, 0.1) is 11.6 Å². The van der Waals surface area contributed by atoms with Crippen LogP contribution in [-0.2, 0) is 6.54 Å². The average Bonchev–Trinajstić information content (AvgIpc) is 2.85. The zero-order chi connectivity index (χ0) is 26.7. The number of anilines is 1. The van der Waals surface area contributed by atoms with E-state index in [0.717, 1.165) is 18.5 Å². The number of hydrogen-bond donors (Lipinski definition) is 1. The summed E-state index contributed by atoms with van der Waals surface area (Å²) in [4.78, 5) is 38.3. The Bertz CT molecular complexity index is 1370. The molecule has 1 fully saturated rings. The molecule has 0 bridgehead atoms. The molecule has 196 valence electrons. The number of allylic oxidation sites excluding steroid dienone is 1. The fourth-order valence-electron chi connectivity index (χ4n) is 4.47. The highest BCUT2D eigenvalue weighted by molar-refractivity contribution is 5.94. The molecule has 9 heteroatoms. The zero-order valence-electron chi connectivity index (χ0n) is 22.2.